The van der Waals surface area contributed by atoms with Crippen LogP contribution in [0.15, 0.2) is 0 Å². The molecule has 1 fully saturated rings. The first-order valence-electron chi connectivity index (χ1n) is 5.74. The van der Waals surface area contributed by atoms with Gasteiger partial charge in [0.1, 0.15) is 0 Å². The minimum Gasteiger partial charge on any atom is -0.345 e. The van der Waals surface area contributed by atoms with E-state index in [1.165, 1.54) is 0 Å². The Bertz CT molecular complexity index is 262. The van der Waals surface area contributed by atoms with Crippen molar-refractivity contribution in [3.63, 3.8) is 0 Å². The Labute approximate surface area is 108 Å². The van der Waals surface area contributed by atoms with Gasteiger partial charge in [-0.05, 0) is 25.7 Å². The molecule has 0 aromatic rings. The summed E-state index contributed by atoms with van der Waals surface area (Å²) in [5, 5.41) is 0.688. The molecule has 1 aliphatic rings. The summed E-state index contributed by atoms with van der Waals surface area (Å²) in [4.78, 5) is 13.5. The predicted octanol–water partition coefficient (Wildman–Crippen LogP) is 3.21. The highest BCUT2D eigenvalue weighted by Gasteiger charge is 2.42. The summed E-state index contributed by atoms with van der Waals surface area (Å²) in [6.07, 6.45) is -3.22. The van der Waals surface area contributed by atoms with Gasteiger partial charge in [0.25, 0.3) is 0 Å². The topological polar surface area (TPSA) is 20.3 Å². The molecule has 1 rings (SSSR count). The molecule has 0 aliphatic heterocycles. The Morgan fingerprint density at radius 3 is 2.24 bits per heavy atom. The summed E-state index contributed by atoms with van der Waals surface area (Å²) in [5.41, 5.74) is 0. The van der Waals surface area contributed by atoms with E-state index >= 15 is 0 Å². The Morgan fingerprint density at radius 2 is 1.82 bits per heavy atom. The van der Waals surface area contributed by atoms with Crippen LogP contribution in [0.2, 0.25) is 0 Å². The van der Waals surface area contributed by atoms with Crippen molar-refractivity contribution in [3.8, 4) is 0 Å². The number of alkyl halides is 4. The molecule has 1 saturated carbocycles. The molecule has 100 valence electrons. The van der Waals surface area contributed by atoms with Gasteiger partial charge in [0, 0.05) is 24.8 Å². The van der Waals surface area contributed by atoms with Crippen LogP contribution in [0.1, 0.15) is 25.7 Å². The fourth-order valence-corrected chi connectivity index (χ4v) is 2.75. The van der Waals surface area contributed by atoms with E-state index < -0.39 is 12.1 Å². The predicted molar refractivity (Wildman–Crippen MR) is 62.9 cm³/mol. The van der Waals surface area contributed by atoms with Gasteiger partial charge in [0.2, 0.25) is 5.91 Å². The van der Waals surface area contributed by atoms with Crippen molar-refractivity contribution >= 4 is 21.8 Å². The maximum Gasteiger partial charge on any atom is 0.391 e. The Morgan fingerprint density at radius 1 is 1.29 bits per heavy atom. The minimum absolute atomic E-state index is 0.0231. The second kappa shape index (κ2) is 6.07. The van der Waals surface area contributed by atoms with Crippen LogP contribution in [-0.4, -0.2) is 35.9 Å². The van der Waals surface area contributed by atoms with E-state index in [0.717, 1.165) is 0 Å². The third-order valence-electron chi connectivity index (χ3n) is 3.34. The van der Waals surface area contributed by atoms with Crippen molar-refractivity contribution in [1.29, 1.82) is 0 Å². The van der Waals surface area contributed by atoms with Crippen LogP contribution in [0.4, 0.5) is 13.2 Å². The molecule has 0 atom stereocenters. The highest BCUT2D eigenvalue weighted by Crippen LogP contribution is 2.39. The zero-order chi connectivity index (χ0) is 13.1. The zero-order valence-electron chi connectivity index (χ0n) is 9.76. The van der Waals surface area contributed by atoms with E-state index in [2.05, 4.69) is 15.9 Å². The quantitative estimate of drug-likeness (QED) is 0.732. The van der Waals surface area contributed by atoms with Gasteiger partial charge < -0.3 is 4.90 Å². The largest absolute Gasteiger partial charge is 0.391 e. The third kappa shape index (κ3) is 4.16. The summed E-state index contributed by atoms with van der Waals surface area (Å²) in [6.45, 7) is 0.595. The molecule has 1 amide bonds. The summed E-state index contributed by atoms with van der Waals surface area (Å²) < 4.78 is 37.3. The molecule has 0 N–H and O–H groups in total. The number of rotatable bonds is 3. The molecule has 0 aromatic carbocycles. The lowest BCUT2D eigenvalue weighted by Gasteiger charge is -2.31. The average Bonchev–Trinajstić information content (AvgIpc) is 2.27. The van der Waals surface area contributed by atoms with Crippen LogP contribution in [0, 0.1) is 11.8 Å². The molecule has 1 aliphatic carbocycles. The number of carbonyl (C=O) groups is 1. The Kier molecular flexibility index (Phi) is 5.28. The van der Waals surface area contributed by atoms with Gasteiger partial charge in [-0.3, -0.25) is 4.79 Å². The van der Waals surface area contributed by atoms with Crippen LogP contribution < -0.4 is 0 Å². The number of halogens is 4. The normalized spacial score (nSPS) is 25.7. The molecule has 2 nitrogen and oxygen atoms in total. The van der Waals surface area contributed by atoms with Gasteiger partial charge >= 0.3 is 6.18 Å². The molecule has 17 heavy (non-hydrogen) atoms. The molecular weight excluding hydrogens is 299 g/mol. The molecule has 0 heterocycles. The lowest BCUT2D eigenvalue weighted by molar-refractivity contribution is -0.185. The molecule has 0 aromatic heterocycles. The van der Waals surface area contributed by atoms with E-state index in [9.17, 15) is 18.0 Å². The highest BCUT2D eigenvalue weighted by molar-refractivity contribution is 9.09. The maximum absolute atomic E-state index is 12.4. The second-order valence-electron chi connectivity index (χ2n) is 4.54. The number of hydrogen-bond acceptors (Lipinski definition) is 1. The maximum atomic E-state index is 12.4. The lowest BCUT2D eigenvalue weighted by Crippen LogP contribution is -2.37. The van der Waals surface area contributed by atoms with Gasteiger partial charge in [-0.2, -0.15) is 13.2 Å². The first-order valence-corrected chi connectivity index (χ1v) is 6.86. The minimum atomic E-state index is -4.10. The van der Waals surface area contributed by atoms with Crippen molar-refractivity contribution in [2.45, 2.75) is 31.9 Å². The first kappa shape index (κ1) is 14.8. The fourth-order valence-electron chi connectivity index (χ4n) is 2.22. The summed E-state index contributed by atoms with van der Waals surface area (Å²) in [5.74, 6) is -1.46. The average molecular weight is 316 g/mol. The Hall–Kier alpha value is -0.260. The van der Waals surface area contributed by atoms with Crippen LogP contribution in [-0.2, 0) is 4.79 Å². The van der Waals surface area contributed by atoms with Gasteiger partial charge in [0.15, 0.2) is 0 Å². The molecule has 0 radical (unpaired) electrons. The number of amides is 1. The monoisotopic (exact) mass is 315 g/mol. The van der Waals surface area contributed by atoms with Crippen LogP contribution >= 0.6 is 15.9 Å². The van der Waals surface area contributed by atoms with Crippen molar-refractivity contribution in [3.05, 3.63) is 0 Å². The van der Waals surface area contributed by atoms with E-state index in [0.29, 0.717) is 24.7 Å². The second-order valence-corrected chi connectivity index (χ2v) is 5.33. The molecule has 0 bridgehead atoms. The highest BCUT2D eigenvalue weighted by atomic mass is 79.9. The first-order chi connectivity index (χ1) is 7.86. The van der Waals surface area contributed by atoms with Gasteiger partial charge in [-0.1, -0.05) is 15.9 Å². The van der Waals surface area contributed by atoms with Crippen molar-refractivity contribution < 1.29 is 18.0 Å². The van der Waals surface area contributed by atoms with E-state index in [1.807, 2.05) is 0 Å². The lowest BCUT2D eigenvalue weighted by atomic mass is 9.81. The van der Waals surface area contributed by atoms with E-state index in [-0.39, 0.29) is 24.7 Å². The standard InChI is InChI=1S/C11H17BrF3NO/c1-16(7-6-12)10(17)8-2-4-9(5-3-8)11(13,14)15/h8-9H,2-7H2,1H3. The van der Waals surface area contributed by atoms with E-state index in [4.69, 9.17) is 0 Å². The van der Waals surface area contributed by atoms with Crippen LogP contribution in [0.3, 0.4) is 0 Å². The molecular formula is C11H17BrF3NO. The summed E-state index contributed by atoms with van der Waals surface area (Å²) in [6, 6.07) is 0. The Balaban J connectivity index is 2.44. The summed E-state index contributed by atoms with van der Waals surface area (Å²) >= 11 is 3.24. The fraction of sp³-hybridized carbons (Fsp3) is 0.909. The van der Waals surface area contributed by atoms with Gasteiger partial charge in [-0.25, -0.2) is 0 Å². The molecule has 0 saturated heterocycles. The van der Waals surface area contributed by atoms with Crippen molar-refractivity contribution in [1.82, 2.24) is 4.90 Å². The molecule has 6 heteroatoms. The van der Waals surface area contributed by atoms with E-state index in [1.54, 1.807) is 11.9 Å². The van der Waals surface area contributed by atoms with Crippen molar-refractivity contribution in [2.24, 2.45) is 11.8 Å². The van der Waals surface area contributed by atoms with Gasteiger partial charge in [-0.15, -0.1) is 0 Å². The smallest absolute Gasteiger partial charge is 0.345 e. The van der Waals surface area contributed by atoms with Crippen LogP contribution in [0.5, 0.6) is 0 Å². The SMILES string of the molecule is CN(CCBr)C(=O)C1CCC(C(F)(F)F)CC1. The zero-order valence-corrected chi connectivity index (χ0v) is 11.4. The van der Waals surface area contributed by atoms with Crippen LogP contribution in [0.25, 0.3) is 0 Å². The number of carbonyl (C=O) groups excluding carboxylic acids is 1. The number of hydrogen-bond donors (Lipinski definition) is 0. The third-order valence-corrected chi connectivity index (χ3v) is 3.69. The van der Waals surface area contributed by atoms with Gasteiger partial charge in [0.05, 0.1) is 5.92 Å². The van der Waals surface area contributed by atoms with Crippen molar-refractivity contribution in [2.75, 3.05) is 18.9 Å². The molecule has 0 unspecified atom stereocenters. The summed E-state index contributed by atoms with van der Waals surface area (Å²) in [7, 11) is 1.69. The number of nitrogens with zero attached hydrogens (tertiary/aromatic N) is 1. The molecule has 0 spiro atoms.